The van der Waals surface area contributed by atoms with Crippen LogP contribution >= 0.6 is 0 Å². The lowest BCUT2D eigenvalue weighted by atomic mass is 9.95. The topological polar surface area (TPSA) is 78.9 Å². The smallest absolute Gasteiger partial charge is 0.309 e. The molecular formula is C21H32O6. The molecule has 1 rings (SSSR count). The molecule has 0 saturated carbocycles. The van der Waals surface area contributed by atoms with Crippen molar-refractivity contribution in [3.63, 3.8) is 0 Å². The fraction of sp³-hybridized carbons (Fsp3) is 0.762. The van der Waals surface area contributed by atoms with Crippen LogP contribution < -0.4 is 0 Å². The summed E-state index contributed by atoms with van der Waals surface area (Å²) in [6.45, 7) is 2.55. The molecule has 0 amide bonds. The number of hydrogen-bond donors (Lipinski definition) is 0. The first-order chi connectivity index (χ1) is 12.9. The van der Waals surface area contributed by atoms with Gasteiger partial charge in [-0.15, -0.1) is 12.3 Å². The van der Waals surface area contributed by atoms with Crippen molar-refractivity contribution in [2.45, 2.75) is 90.3 Å². The van der Waals surface area contributed by atoms with E-state index >= 15 is 0 Å². The van der Waals surface area contributed by atoms with Crippen LogP contribution in [0.5, 0.6) is 0 Å². The van der Waals surface area contributed by atoms with Crippen molar-refractivity contribution in [2.75, 3.05) is 6.61 Å². The fourth-order valence-electron chi connectivity index (χ4n) is 3.31. The molecule has 1 heterocycles. The molecule has 27 heavy (non-hydrogen) atoms. The van der Waals surface area contributed by atoms with E-state index in [0.29, 0.717) is 12.8 Å². The van der Waals surface area contributed by atoms with E-state index in [-0.39, 0.29) is 24.6 Å². The molecule has 152 valence electrons. The normalized spacial score (nSPS) is 19.8. The lowest BCUT2D eigenvalue weighted by molar-refractivity contribution is -0.158. The molecule has 0 aromatic rings. The largest absolute Gasteiger partial charge is 0.462 e. The minimum Gasteiger partial charge on any atom is -0.462 e. The number of terminal acetylenes is 1. The second kappa shape index (κ2) is 13.2. The summed E-state index contributed by atoms with van der Waals surface area (Å²) in [5.41, 5.74) is 0. The number of carbonyl (C=O) groups is 3. The fourth-order valence-corrected chi connectivity index (χ4v) is 3.31. The maximum absolute atomic E-state index is 12.1. The molecule has 0 unspecified atom stereocenters. The Bertz CT molecular complexity index is 521. The maximum atomic E-state index is 12.1. The third-order valence-electron chi connectivity index (χ3n) is 4.61. The summed E-state index contributed by atoms with van der Waals surface area (Å²) in [4.78, 5) is 34.3. The summed E-state index contributed by atoms with van der Waals surface area (Å²) in [5, 5.41) is 0. The van der Waals surface area contributed by atoms with Gasteiger partial charge < -0.3 is 14.2 Å². The Hall–Kier alpha value is -2.03. The SMILES string of the molecule is C#CCCCCCCCC[C@@H]1C[C@H](C[C@H](COC(C)=O)OC(C)=O)C(=O)O1. The highest BCUT2D eigenvalue weighted by Crippen LogP contribution is 2.29. The van der Waals surface area contributed by atoms with Crippen LogP contribution in [0, 0.1) is 18.3 Å². The van der Waals surface area contributed by atoms with Gasteiger partial charge in [-0.25, -0.2) is 0 Å². The third-order valence-corrected chi connectivity index (χ3v) is 4.61. The quantitative estimate of drug-likeness (QED) is 0.210. The van der Waals surface area contributed by atoms with E-state index < -0.39 is 18.0 Å². The number of cyclic esters (lactones) is 1. The molecule has 1 saturated heterocycles. The predicted molar refractivity (Wildman–Crippen MR) is 101 cm³/mol. The van der Waals surface area contributed by atoms with Crippen molar-refractivity contribution < 1.29 is 28.6 Å². The van der Waals surface area contributed by atoms with Crippen molar-refractivity contribution in [2.24, 2.45) is 5.92 Å². The average Bonchev–Trinajstić information content (AvgIpc) is 2.94. The van der Waals surface area contributed by atoms with Crippen molar-refractivity contribution >= 4 is 17.9 Å². The highest BCUT2D eigenvalue weighted by atomic mass is 16.6. The Balaban J connectivity index is 2.27. The zero-order valence-electron chi connectivity index (χ0n) is 16.5. The van der Waals surface area contributed by atoms with Gasteiger partial charge in [0, 0.05) is 26.7 Å². The molecule has 6 heteroatoms. The first-order valence-electron chi connectivity index (χ1n) is 9.87. The molecule has 0 radical (unpaired) electrons. The lowest BCUT2D eigenvalue weighted by Crippen LogP contribution is -2.27. The number of rotatable bonds is 13. The molecule has 1 fully saturated rings. The van der Waals surface area contributed by atoms with Gasteiger partial charge in [0.2, 0.25) is 0 Å². The Morgan fingerprint density at radius 3 is 2.44 bits per heavy atom. The maximum Gasteiger partial charge on any atom is 0.309 e. The summed E-state index contributed by atoms with van der Waals surface area (Å²) >= 11 is 0. The van der Waals surface area contributed by atoms with Gasteiger partial charge in [-0.1, -0.05) is 25.7 Å². The van der Waals surface area contributed by atoms with Gasteiger partial charge >= 0.3 is 17.9 Å². The number of esters is 3. The highest BCUT2D eigenvalue weighted by molar-refractivity contribution is 5.74. The summed E-state index contributed by atoms with van der Waals surface area (Å²) in [5.74, 6) is 1.17. The van der Waals surface area contributed by atoms with Crippen molar-refractivity contribution in [3.05, 3.63) is 0 Å². The van der Waals surface area contributed by atoms with Crippen molar-refractivity contribution in [1.29, 1.82) is 0 Å². The molecule has 0 aromatic heterocycles. The van der Waals surface area contributed by atoms with Crippen LogP contribution in [0.25, 0.3) is 0 Å². The lowest BCUT2D eigenvalue weighted by Gasteiger charge is -2.18. The third kappa shape index (κ3) is 10.6. The van der Waals surface area contributed by atoms with Crippen molar-refractivity contribution in [3.8, 4) is 12.3 Å². The van der Waals surface area contributed by atoms with Crippen LogP contribution in [0.2, 0.25) is 0 Å². The highest BCUT2D eigenvalue weighted by Gasteiger charge is 2.36. The molecule has 6 nitrogen and oxygen atoms in total. The van der Waals surface area contributed by atoms with Crippen LogP contribution in [0.1, 0.15) is 78.1 Å². The first kappa shape index (κ1) is 23.0. The monoisotopic (exact) mass is 380 g/mol. The van der Waals surface area contributed by atoms with Gasteiger partial charge in [-0.3, -0.25) is 14.4 Å². The van der Waals surface area contributed by atoms with E-state index in [4.69, 9.17) is 20.6 Å². The minimum absolute atomic E-state index is 0.0387. The molecule has 3 atom stereocenters. The first-order valence-corrected chi connectivity index (χ1v) is 9.87. The Kier molecular flexibility index (Phi) is 11.2. The summed E-state index contributed by atoms with van der Waals surface area (Å²) in [6.07, 6.45) is 14.0. The number of ether oxygens (including phenoxy) is 3. The second-order valence-electron chi connectivity index (χ2n) is 7.13. The molecule has 0 aromatic carbocycles. The zero-order chi connectivity index (χ0) is 20.1. The molecule has 0 bridgehead atoms. The zero-order valence-corrected chi connectivity index (χ0v) is 16.5. The van der Waals surface area contributed by atoms with Gasteiger partial charge in [0.05, 0.1) is 5.92 Å². The van der Waals surface area contributed by atoms with E-state index in [1.807, 2.05) is 0 Å². The Morgan fingerprint density at radius 2 is 1.81 bits per heavy atom. The standard InChI is InChI=1S/C21H32O6/c1-4-5-6-7-8-9-10-11-12-19-13-18(21(24)27-19)14-20(26-17(3)23)15-25-16(2)22/h1,18-20H,5-15H2,2-3H3/t18-,19-,20-/m1/s1. The summed E-state index contributed by atoms with van der Waals surface area (Å²) < 4.78 is 15.5. The van der Waals surface area contributed by atoms with E-state index in [1.165, 1.54) is 33.1 Å². The van der Waals surface area contributed by atoms with Crippen LogP contribution in [0.4, 0.5) is 0 Å². The Morgan fingerprint density at radius 1 is 1.15 bits per heavy atom. The van der Waals surface area contributed by atoms with Crippen LogP contribution in [-0.4, -0.2) is 36.7 Å². The number of hydrogen-bond acceptors (Lipinski definition) is 6. The minimum atomic E-state index is -0.620. The van der Waals surface area contributed by atoms with E-state index in [0.717, 1.165) is 32.1 Å². The van der Waals surface area contributed by atoms with Gasteiger partial charge in [-0.05, 0) is 25.7 Å². The summed E-state index contributed by atoms with van der Waals surface area (Å²) in [6, 6.07) is 0. The number of unbranched alkanes of at least 4 members (excludes halogenated alkanes) is 6. The Labute approximate surface area is 162 Å². The van der Waals surface area contributed by atoms with Crippen molar-refractivity contribution in [1.82, 2.24) is 0 Å². The van der Waals surface area contributed by atoms with Gasteiger partial charge in [-0.2, -0.15) is 0 Å². The molecule has 0 spiro atoms. The molecule has 0 aliphatic carbocycles. The average molecular weight is 380 g/mol. The van der Waals surface area contributed by atoms with E-state index in [9.17, 15) is 14.4 Å². The van der Waals surface area contributed by atoms with Gasteiger partial charge in [0.1, 0.15) is 18.8 Å². The van der Waals surface area contributed by atoms with E-state index in [2.05, 4.69) is 5.92 Å². The van der Waals surface area contributed by atoms with Gasteiger partial charge in [0.15, 0.2) is 0 Å². The molecule has 1 aliphatic rings. The predicted octanol–water partition coefficient (Wildman–Crippen LogP) is 3.56. The number of carbonyl (C=O) groups excluding carboxylic acids is 3. The van der Waals surface area contributed by atoms with Crippen LogP contribution in [0.3, 0.4) is 0 Å². The molecule has 1 aliphatic heterocycles. The van der Waals surface area contributed by atoms with Crippen LogP contribution in [0.15, 0.2) is 0 Å². The second-order valence-corrected chi connectivity index (χ2v) is 7.13. The van der Waals surface area contributed by atoms with E-state index in [1.54, 1.807) is 0 Å². The summed E-state index contributed by atoms with van der Waals surface area (Å²) in [7, 11) is 0. The molecular weight excluding hydrogens is 348 g/mol. The van der Waals surface area contributed by atoms with Gasteiger partial charge in [0.25, 0.3) is 0 Å². The van der Waals surface area contributed by atoms with Crippen LogP contribution in [-0.2, 0) is 28.6 Å². The molecule has 0 N–H and O–H groups in total.